The number of likely N-dealkylation sites (tertiary alicyclic amines) is 1. The standard InChI is InChI=1S/C16H28N4O6/c1-8(2)12(14(23)18-9(3)16(25)26)19-13(22)11-5-4-6-20(11)15(24)10(17)7-21/h8-12,21H,4-7,17H2,1-3H3,(H,18,23)(H,19,22)(H,25,26). The molecule has 4 unspecified atom stereocenters. The van der Waals surface area contributed by atoms with Crippen LogP contribution in [-0.2, 0) is 19.2 Å². The lowest BCUT2D eigenvalue weighted by Gasteiger charge is -2.29. The van der Waals surface area contributed by atoms with Crippen LogP contribution in [0.3, 0.4) is 0 Å². The molecule has 10 nitrogen and oxygen atoms in total. The maximum atomic E-state index is 12.6. The molecule has 0 bridgehead atoms. The zero-order chi connectivity index (χ0) is 20.0. The van der Waals surface area contributed by atoms with Crippen molar-refractivity contribution in [2.24, 2.45) is 11.7 Å². The molecule has 3 amide bonds. The van der Waals surface area contributed by atoms with Gasteiger partial charge in [0.15, 0.2) is 0 Å². The van der Waals surface area contributed by atoms with Crippen molar-refractivity contribution in [2.45, 2.75) is 57.8 Å². The molecule has 1 heterocycles. The fraction of sp³-hybridized carbons (Fsp3) is 0.750. The number of aliphatic hydroxyl groups is 1. The fourth-order valence-corrected chi connectivity index (χ4v) is 2.74. The van der Waals surface area contributed by atoms with E-state index in [1.165, 1.54) is 11.8 Å². The van der Waals surface area contributed by atoms with Crippen LogP contribution >= 0.6 is 0 Å². The van der Waals surface area contributed by atoms with Gasteiger partial charge in [-0.3, -0.25) is 19.2 Å². The summed E-state index contributed by atoms with van der Waals surface area (Å²) in [5.74, 6) is -3.10. The Morgan fingerprint density at radius 1 is 1.19 bits per heavy atom. The Hall–Kier alpha value is -2.20. The molecule has 1 aliphatic heterocycles. The Kier molecular flexibility index (Phi) is 7.97. The molecule has 0 spiro atoms. The number of nitrogens with one attached hydrogen (secondary N) is 2. The summed E-state index contributed by atoms with van der Waals surface area (Å²) in [7, 11) is 0. The molecule has 1 saturated heterocycles. The minimum Gasteiger partial charge on any atom is -0.480 e. The van der Waals surface area contributed by atoms with Gasteiger partial charge in [0.05, 0.1) is 6.61 Å². The van der Waals surface area contributed by atoms with Gasteiger partial charge in [0.1, 0.15) is 24.2 Å². The van der Waals surface area contributed by atoms with Crippen molar-refractivity contribution >= 4 is 23.7 Å². The van der Waals surface area contributed by atoms with Gasteiger partial charge in [0.25, 0.3) is 0 Å². The van der Waals surface area contributed by atoms with Gasteiger partial charge in [-0.2, -0.15) is 0 Å². The molecule has 6 N–H and O–H groups in total. The molecular weight excluding hydrogens is 344 g/mol. The monoisotopic (exact) mass is 372 g/mol. The summed E-state index contributed by atoms with van der Waals surface area (Å²) in [6.45, 7) is 4.59. The van der Waals surface area contributed by atoms with E-state index in [1.807, 2.05) is 0 Å². The molecule has 148 valence electrons. The number of carbonyl (C=O) groups is 4. The molecule has 0 aromatic heterocycles. The number of carboxylic acids is 1. The largest absolute Gasteiger partial charge is 0.480 e. The van der Waals surface area contributed by atoms with Crippen molar-refractivity contribution in [1.29, 1.82) is 0 Å². The third kappa shape index (κ3) is 5.40. The molecule has 1 fully saturated rings. The van der Waals surface area contributed by atoms with E-state index in [0.717, 1.165) is 0 Å². The van der Waals surface area contributed by atoms with Crippen molar-refractivity contribution in [3.63, 3.8) is 0 Å². The third-order valence-corrected chi connectivity index (χ3v) is 4.33. The van der Waals surface area contributed by atoms with Crippen LogP contribution in [-0.4, -0.2) is 76.1 Å². The van der Waals surface area contributed by atoms with Crippen LogP contribution in [0.4, 0.5) is 0 Å². The van der Waals surface area contributed by atoms with Crippen LogP contribution in [0.1, 0.15) is 33.6 Å². The summed E-state index contributed by atoms with van der Waals surface area (Å²) < 4.78 is 0. The van der Waals surface area contributed by atoms with E-state index in [-0.39, 0.29) is 5.92 Å². The highest BCUT2D eigenvalue weighted by molar-refractivity contribution is 5.94. The molecule has 1 aliphatic rings. The number of hydrogen-bond donors (Lipinski definition) is 5. The fourth-order valence-electron chi connectivity index (χ4n) is 2.74. The lowest BCUT2D eigenvalue weighted by atomic mass is 10.0. The van der Waals surface area contributed by atoms with Gasteiger partial charge in [0, 0.05) is 6.54 Å². The minimum atomic E-state index is -1.18. The average Bonchev–Trinajstić information content (AvgIpc) is 3.06. The lowest BCUT2D eigenvalue weighted by molar-refractivity contribution is -0.143. The molecule has 4 atom stereocenters. The van der Waals surface area contributed by atoms with Crippen LogP contribution in [0.15, 0.2) is 0 Å². The molecule has 0 radical (unpaired) electrons. The zero-order valence-electron chi connectivity index (χ0n) is 15.3. The molecule has 0 saturated carbocycles. The van der Waals surface area contributed by atoms with Crippen LogP contribution in [0.25, 0.3) is 0 Å². The summed E-state index contributed by atoms with van der Waals surface area (Å²) in [6.07, 6.45) is 1.03. The molecule has 10 heteroatoms. The summed E-state index contributed by atoms with van der Waals surface area (Å²) in [5.41, 5.74) is 5.55. The van der Waals surface area contributed by atoms with Crippen LogP contribution < -0.4 is 16.4 Å². The first-order chi connectivity index (χ1) is 12.1. The summed E-state index contributed by atoms with van der Waals surface area (Å²) in [6, 6.07) is -3.89. The molecule has 26 heavy (non-hydrogen) atoms. The third-order valence-electron chi connectivity index (χ3n) is 4.33. The van der Waals surface area contributed by atoms with Gasteiger partial charge < -0.3 is 31.5 Å². The van der Waals surface area contributed by atoms with Crippen LogP contribution in [0.2, 0.25) is 0 Å². The highest BCUT2D eigenvalue weighted by Gasteiger charge is 2.38. The van der Waals surface area contributed by atoms with Crippen molar-refractivity contribution in [3.8, 4) is 0 Å². The number of hydrogen-bond acceptors (Lipinski definition) is 6. The lowest BCUT2D eigenvalue weighted by Crippen LogP contribution is -2.58. The first-order valence-corrected chi connectivity index (χ1v) is 8.60. The van der Waals surface area contributed by atoms with E-state index in [2.05, 4.69) is 10.6 Å². The number of carboxylic acid groups (broad SMARTS) is 1. The molecular formula is C16H28N4O6. The number of aliphatic hydroxyl groups excluding tert-OH is 1. The second-order valence-electron chi connectivity index (χ2n) is 6.78. The van der Waals surface area contributed by atoms with Gasteiger partial charge in [-0.05, 0) is 25.7 Å². The first kappa shape index (κ1) is 21.8. The van der Waals surface area contributed by atoms with Gasteiger partial charge >= 0.3 is 5.97 Å². The summed E-state index contributed by atoms with van der Waals surface area (Å²) >= 11 is 0. The van der Waals surface area contributed by atoms with E-state index >= 15 is 0 Å². The van der Waals surface area contributed by atoms with Crippen molar-refractivity contribution in [2.75, 3.05) is 13.2 Å². The van der Waals surface area contributed by atoms with E-state index in [1.54, 1.807) is 13.8 Å². The zero-order valence-corrected chi connectivity index (χ0v) is 15.3. The number of nitrogens with zero attached hydrogens (tertiary/aromatic N) is 1. The topological polar surface area (TPSA) is 162 Å². The molecule has 0 aromatic carbocycles. The Labute approximate surface area is 152 Å². The van der Waals surface area contributed by atoms with E-state index < -0.39 is 54.5 Å². The molecule has 1 rings (SSSR count). The number of carbonyl (C=O) groups excluding carboxylic acids is 3. The van der Waals surface area contributed by atoms with Crippen molar-refractivity contribution < 1.29 is 29.4 Å². The highest BCUT2D eigenvalue weighted by Crippen LogP contribution is 2.19. The maximum absolute atomic E-state index is 12.6. The van der Waals surface area contributed by atoms with E-state index in [9.17, 15) is 19.2 Å². The number of nitrogens with two attached hydrogens (primary N) is 1. The average molecular weight is 372 g/mol. The second-order valence-corrected chi connectivity index (χ2v) is 6.78. The molecule has 0 aromatic rings. The minimum absolute atomic E-state index is 0.287. The van der Waals surface area contributed by atoms with E-state index in [0.29, 0.717) is 19.4 Å². The highest BCUT2D eigenvalue weighted by atomic mass is 16.4. The van der Waals surface area contributed by atoms with Crippen LogP contribution in [0, 0.1) is 5.92 Å². The Balaban J connectivity index is 2.82. The van der Waals surface area contributed by atoms with Gasteiger partial charge in [-0.25, -0.2) is 0 Å². The van der Waals surface area contributed by atoms with Gasteiger partial charge in [-0.15, -0.1) is 0 Å². The predicted molar refractivity (Wildman–Crippen MR) is 91.8 cm³/mol. The van der Waals surface area contributed by atoms with Crippen molar-refractivity contribution in [3.05, 3.63) is 0 Å². The number of amides is 3. The Morgan fingerprint density at radius 2 is 1.81 bits per heavy atom. The van der Waals surface area contributed by atoms with Crippen molar-refractivity contribution in [1.82, 2.24) is 15.5 Å². The van der Waals surface area contributed by atoms with Crippen LogP contribution in [0.5, 0.6) is 0 Å². The first-order valence-electron chi connectivity index (χ1n) is 8.60. The number of aliphatic carboxylic acids is 1. The van der Waals surface area contributed by atoms with E-state index in [4.69, 9.17) is 15.9 Å². The summed E-state index contributed by atoms with van der Waals surface area (Å²) in [5, 5.41) is 22.9. The Morgan fingerprint density at radius 3 is 2.31 bits per heavy atom. The Bertz CT molecular complexity index is 553. The summed E-state index contributed by atoms with van der Waals surface area (Å²) in [4.78, 5) is 49.3. The molecule has 0 aliphatic carbocycles. The maximum Gasteiger partial charge on any atom is 0.325 e. The van der Waals surface area contributed by atoms with Gasteiger partial charge in [-0.1, -0.05) is 13.8 Å². The number of rotatable bonds is 8. The quantitative estimate of drug-likeness (QED) is 0.330. The SMILES string of the molecule is CC(NC(=O)C(NC(=O)C1CCCN1C(=O)C(N)CO)C(C)C)C(=O)O. The predicted octanol–water partition coefficient (Wildman–Crippen LogP) is -1.97. The second kappa shape index (κ2) is 9.48. The van der Waals surface area contributed by atoms with Gasteiger partial charge in [0.2, 0.25) is 17.7 Å². The smallest absolute Gasteiger partial charge is 0.325 e. The normalized spacial score (nSPS) is 20.4.